The molecule has 0 aliphatic rings. The Morgan fingerprint density at radius 1 is 0.327 bits per heavy atom. The summed E-state index contributed by atoms with van der Waals surface area (Å²) in [5.74, 6) is 0. The molecule has 0 atom stereocenters. The van der Waals surface area contributed by atoms with Gasteiger partial charge in [0.1, 0.15) is 0 Å². The van der Waals surface area contributed by atoms with Gasteiger partial charge in [-0.25, -0.2) is 0 Å². The number of aromatic nitrogens is 1. The lowest BCUT2D eigenvalue weighted by atomic mass is 9.97. The van der Waals surface area contributed by atoms with Crippen LogP contribution in [0.1, 0.15) is 0 Å². The van der Waals surface area contributed by atoms with Crippen LogP contribution in [-0.4, -0.2) is 4.57 Å². The van der Waals surface area contributed by atoms with Crippen LogP contribution in [0, 0.1) is 0 Å². The van der Waals surface area contributed by atoms with Crippen molar-refractivity contribution in [2.45, 2.75) is 0 Å². The molecular weight excluding hydrogens is 629 g/mol. The summed E-state index contributed by atoms with van der Waals surface area (Å²) in [4.78, 5) is 2.41. The van der Waals surface area contributed by atoms with Gasteiger partial charge >= 0.3 is 0 Å². The molecule has 0 saturated carbocycles. The van der Waals surface area contributed by atoms with Crippen molar-refractivity contribution < 1.29 is 0 Å². The van der Waals surface area contributed by atoms with Crippen LogP contribution in [0.5, 0.6) is 0 Å². The molecule has 0 bridgehead atoms. The molecule has 52 heavy (non-hydrogen) atoms. The van der Waals surface area contributed by atoms with E-state index in [9.17, 15) is 0 Å². The lowest BCUT2D eigenvalue weighted by molar-refractivity contribution is 1.18. The average molecular weight is 663 g/mol. The fraction of sp³-hybridized carbons (Fsp3) is 0. The van der Waals surface area contributed by atoms with Gasteiger partial charge < -0.3 is 9.47 Å². The number of fused-ring (bicyclic) bond motifs is 5. The number of para-hydroxylation sites is 3. The quantitative estimate of drug-likeness (QED) is 0.172. The van der Waals surface area contributed by atoms with Crippen LogP contribution >= 0.6 is 0 Å². The number of rotatable bonds is 6. The van der Waals surface area contributed by atoms with E-state index in [4.69, 9.17) is 0 Å². The van der Waals surface area contributed by atoms with Crippen molar-refractivity contribution in [2.75, 3.05) is 4.90 Å². The second kappa shape index (κ2) is 12.5. The fourth-order valence-electron chi connectivity index (χ4n) is 7.82. The van der Waals surface area contributed by atoms with Crippen LogP contribution in [0.4, 0.5) is 17.1 Å². The Balaban J connectivity index is 1.09. The molecule has 0 saturated heterocycles. The molecule has 9 aromatic carbocycles. The Morgan fingerprint density at radius 3 is 1.63 bits per heavy atom. The smallest absolute Gasteiger partial charge is 0.0562 e. The number of hydrogen-bond donors (Lipinski definition) is 0. The number of benzene rings is 9. The molecule has 10 aromatic rings. The van der Waals surface area contributed by atoms with Crippen molar-refractivity contribution in [3.05, 3.63) is 206 Å². The summed E-state index contributed by atoms with van der Waals surface area (Å²) in [6.45, 7) is 0. The summed E-state index contributed by atoms with van der Waals surface area (Å²) in [7, 11) is 0. The molecule has 2 heteroatoms. The minimum atomic E-state index is 1.12. The zero-order valence-corrected chi connectivity index (χ0v) is 28.5. The summed E-state index contributed by atoms with van der Waals surface area (Å²) in [6, 6.07) is 74.7. The molecule has 0 aliphatic heterocycles. The second-order valence-electron chi connectivity index (χ2n) is 13.4. The average Bonchev–Trinajstić information content (AvgIpc) is 3.56. The third-order valence-corrected chi connectivity index (χ3v) is 10.3. The molecule has 0 radical (unpaired) electrons. The van der Waals surface area contributed by atoms with Crippen LogP contribution < -0.4 is 4.90 Å². The fourth-order valence-corrected chi connectivity index (χ4v) is 7.82. The van der Waals surface area contributed by atoms with Crippen LogP contribution in [0.3, 0.4) is 0 Å². The molecule has 1 aromatic heterocycles. The lowest BCUT2D eigenvalue weighted by Gasteiger charge is -2.27. The van der Waals surface area contributed by atoms with Crippen LogP contribution in [0.25, 0.3) is 71.3 Å². The minimum Gasteiger partial charge on any atom is -0.310 e. The second-order valence-corrected chi connectivity index (χ2v) is 13.4. The van der Waals surface area contributed by atoms with Gasteiger partial charge in [-0.1, -0.05) is 140 Å². The Bertz CT molecular complexity index is 2890. The molecule has 0 N–H and O–H groups in total. The van der Waals surface area contributed by atoms with Gasteiger partial charge in [-0.3, -0.25) is 0 Å². The van der Waals surface area contributed by atoms with Crippen molar-refractivity contribution in [3.8, 4) is 27.9 Å². The van der Waals surface area contributed by atoms with Gasteiger partial charge in [-0.15, -0.1) is 0 Å². The van der Waals surface area contributed by atoms with E-state index in [0.29, 0.717) is 0 Å². The number of nitrogens with zero attached hydrogens (tertiary/aromatic N) is 2. The largest absolute Gasteiger partial charge is 0.310 e. The van der Waals surface area contributed by atoms with E-state index in [-0.39, 0.29) is 0 Å². The Labute approximate surface area is 303 Å². The molecule has 244 valence electrons. The van der Waals surface area contributed by atoms with Crippen molar-refractivity contribution in [1.82, 2.24) is 4.57 Å². The molecule has 0 unspecified atom stereocenters. The summed E-state index contributed by atoms with van der Waals surface area (Å²) in [6.07, 6.45) is 0. The topological polar surface area (TPSA) is 8.17 Å². The zero-order chi connectivity index (χ0) is 34.4. The predicted molar refractivity (Wildman–Crippen MR) is 221 cm³/mol. The summed E-state index contributed by atoms with van der Waals surface area (Å²) < 4.78 is 2.38. The first kappa shape index (κ1) is 30.0. The first-order chi connectivity index (χ1) is 25.8. The summed E-state index contributed by atoms with van der Waals surface area (Å²) in [5.41, 5.74) is 11.8. The van der Waals surface area contributed by atoms with E-state index < -0.39 is 0 Å². The number of anilines is 3. The normalized spacial score (nSPS) is 11.5. The van der Waals surface area contributed by atoms with Crippen molar-refractivity contribution >= 4 is 60.4 Å². The molecular formula is C50H34N2. The SMILES string of the molecule is c1ccc(N(c2ccc3ccc(-c4ccc(-c5ccc6ccccc6c5)cc4)cc3c2)c2cccc3c2c2ccccc2n3-c2ccccc2)cc1. The summed E-state index contributed by atoms with van der Waals surface area (Å²) >= 11 is 0. The Morgan fingerprint density at radius 2 is 0.885 bits per heavy atom. The Kier molecular flexibility index (Phi) is 7.18. The molecule has 0 fully saturated rings. The highest BCUT2D eigenvalue weighted by molar-refractivity contribution is 6.16. The van der Waals surface area contributed by atoms with Gasteiger partial charge in [0.15, 0.2) is 0 Å². The molecule has 0 spiro atoms. The summed E-state index contributed by atoms with van der Waals surface area (Å²) in [5, 5.41) is 7.40. The number of hydrogen-bond acceptors (Lipinski definition) is 1. The van der Waals surface area contributed by atoms with Crippen LogP contribution in [0.2, 0.25) is 0 Å². The molecule has 1 heterocycles. The third kappa shape index (κ3) is 5.12. The molecule has 0 aliphatic carbocycles. The predicted octanol–water partition coefficient (Wildman–Crippen LogP) is 13.9. The van der Waals surface area contributed by atoms with Gasteiger partial charge in [0.05, 0.1) is 16.7 Å². The molecule has 2 nitrogen and oxygen atoms in total. The first-order valence-electron chi connectivity index (χ1n) is 17.8. The van der Waals surface area contributed by atoms with Gasteiger partial charge in [0.25, 0.3) is 0 Å². The van der Waals surface area contributed by atoms with E-state index in [1.807, 2.05) is 0 Å². The maximum atomic E-state index is 2.41. The maximum absolute atomic E-state index is 2.41. The van der Waals surface area contributed by atoms with E-state index in [1.54, 1.807) is 0 Å². The van der Waals surface area contributed by atoms with Crippen LogP contribution in [0.15, 0.2) is 206 Å². The highest BCUT2D eigenvalue weighted by Gasteiger charge is 2.21. The lowest BCUT2D eigenvalue weighted by Crippen LogP contribution is -2.10. The third-order valence-electron chi connectivity index (χ3n) is 10.3. The van der Waals surface area contributed by atoms with Crippen LogP contribution in [-0.2, 0) is 0 Å². The van der Waals surface area contributed by atoms with Crippen molar-refractivity contribution in [1.29, 1.82) is 0 Å². The first-order valence-corrected chi connectivity index (χ1v) is 17.8. The van der Waals surface area contributed by atoms with Crippen molar-refractivity contribution in [2.24, 2.45) is 0 Å². The maximum Gasteiger partial charge on any atom is 0.0562 e. The van der Waals surface area contributed by atoms with Crippen molar-refractivity contribution in [3.63, 3.8) is 0 Å². The highest BCUT2D eigenvalue weighted by Crippen LogP contribution is 2.44. The van der Waals surface area contributed by atoms with Gasteiger partial charge in [0.2, 0.25) is 0 Å². The molecule has 0 amide bonds. The minimum absolute atomic E-state index is 1.12. The van der Waals surface area contributed by atoms with E-state index in [0.717, 1.165) is 22.7 Å². The van der Waals surface area contributed by atoms with E-state index in [1.165, 1.54) is 65.6 Å². The Hall–Kier alpha value is -6.90. The highest BCUT2D eigenvalue weighted by atomic mass is 15.1. The van der Waals surface area contributed by atoms with Gasteiger partial charge in [-0.2, -0.15) is 0 Å². The van der Waals surface area contributed by atoms with E-state index >= 15 is 0 Å². The van der Waals surface area contributed by atoms with E-state index in [2.05, 4.69) is 216 Å². The standard InChI is InChI=1S/C50H34N2/c1-3-14-43(15-4-1)51(48-20-11-21-49-50(48)46-18-9-10-19-47(46)52(49)44-16-5-2-6-17-44)45-31-30-38-27-29-41(33-42(38)34-45)37-24-22-36(23-25-37)40-28-26-35-12-7-8-13-39(35)32-40/h1-34H. The monoisotopic (exact) mass is 662 g/mol. The zero-order valence-electron chi connectivity index (χ0n) is 28.5. The van der Waals surface area contributed by atoms with Gasteiger partial charge in [0, 0.05) is 27.8 Å². The van der Waals surface area contributed by atoms with Gasteiger partial charge in [-0.05, 0) is 111 Å². The molecule has 10 rings (SSSR count).